The molecular formula is C17H24N4OS. The predicted octanol–water partition coefficient (Wildman–Crippen LogP) is 2.98. The summed E-state index contributed by atoms with van der Waals surface area (Å²) in [6, 6.07) is 4.16. The summed E-state index contributed by atoms with van der Waals surface area (Å²) in [6.45, 7) is 7.16. The highest BCUT2D eigenvalue weighted by Gasteiger charge is 2.18. The molecule has 0 aromatic carbocycles. The van der Waals surface area contributed by atoms with E-state index in [0.717, 1.165) is 54.7 Å². The number of aliphatic hydroxyl groups excluding tert-OH is 1. The van der Waals surface area contributed by atoms with Crippen molar-refractivity contribution in [1.82, 2.24) is 9.97 Å². The molecule has 0 spiro atoms. The van der Waals surface area contributed by atoms with E-state index in [1.54, 1.807) is 11.3 Å². The van der Waals surface area contributed by atoms with E-state index in [-0.39, 0.29) is 0 Å². The van der Waals surface area contributed by atoms with E-state index in [2.05, 4.69) is 26.3 Å². The van der Waals surface area contributed by atoms with Crippen molar-refractivity contribution in [2.75, 3.05) is 29.9 Å². The van der Waals surface area contributed by atoms with Gasteiger partial charge in [0.2, 0.25) is 0 Å². The first-order valence-corrected chi connectivity index (χ1v) is 8.96. The van der Waals surface area contributed by atoms with Gasteiger partial charge in [-0.2, -0.15) is 0 Å². The van der Waals surface area contributed by atoms with Crippen molar-refractivity contribution in [1.29, 1.82) is 0 Å². The van der Waals surface area contributed by atoms with Crippen LogP contribution in [0.15, 0.2) is 18.3 Å². The molecule has 1 aliphatic heterocycles. The smallest absolute Gasteiger partial charge is 0.126 e. The highest BCUT2D eigenvalue weighted by atomic mass is 32.1. The highest BCUT2D eigenvalue weighted by Crippen LogP contribution is 2.24. The minimum atomic E-state index is 0.311. The third-order valence-electron chi connectivity index (χ3n) is 4.42. The number of thiazole rings is 1. The van der Waals surface area contributed by atoms with E-state index in [9.17, 15) is 5.11 Å². The van der Waals surface area contributed by atoms with Gasteiger partial charge in [-0.05, 0) is 44.7 Å². The van der Waals surface area contributed by atoms with Gasteiger partial charge in [-0.3, -0.25) is 0 Å². The van der Waals surface area contributed by atoms with E-state index in [4.69, 9.17) is 0 Å². The zero-order valence-electron chi connectivity index (χ0n) is 13.7. The topological polar surface area (TPSA) is 61.3 Å². The molecule has 0 saturated carbocycles. The Kier molecular flexibility index (Phi) is 5.13. The second-order valence-corrected chi connectivity index (χ2v) is 7.40. The fourth-order valence-corrected chi connectivity index (χ4v) is 3.84. The molecule has 0 amide bonds. The van der Waals surface area contributed by atoms with Crippen molar-refractivity contribution in [3.63, 3.8) is 0 Å². The van der Waals surface area contributed by atoms with Crippen LogP contribution in [0, 0.1) is 19.8 Å². The second kappa shape index (κ2) is 7.27. The molecule has 2 aromatic heterocycles. The van der Waals surface area contributed by atoms with Crippen molar-refractivity contribution in [2.45, 2.75) is 33.2 Å². The average molecular weight is 332 g/mol. The number of nitrogens with zero attached hydrogens (tertiary/aromatic N) is 3. The fraction of sp³-hybridized carbons (Fsp3) is 0.529. The van der Waals surface area contributed by atoms with Crippen LogP contribution < -0.4 is 10.2 Å². The Labute approximate surface area is 141 Å². The molecule has 0 atom stereocenters. The lowest BCUT2D eigenvalue weighted by Gasteiger charge is -2.32. The third-order valence-corrected chi connectivity index (χ3v) is 5.49. The van der Waals surface area contributed by atoms with Crippen LogP contribution in [0.3, 0.4) is 0 Å². The SMILES string of the molecule is Cc1nc(C)c(CNc2ccc(N3CCC(CO)CC3)cn2)s1. The van der Waals surface area contributed by atoms with Gasteiger partial charge in [0.1, 0.15) is 5.82 Å². The van der Waals surface area contributed by atoms with E-state index in [1.807, 2.05) is 26.1 Å². The van der Waals surface area contributed by atoms with E-state index in [0.29, 0.717) is 12.5 Å². The van der Waals surface area contributed by atoms with Crippen LogP contribution in [-0.4, -0.2) is 34.8 Å². The van der Waals surface area contributed by atoms with Gasteiger partial charge >= 0.3 is 0 Å². The molecule has 1 aliphatic rings. The summed E-state index contributed by atoms with van der Waals surface area (Å²) < 4.78 is 0. The van der Waals surface area contributed by atoms with Crippen molar-refractivity contribution in [3.05, 3.63) is 33.9 Å². The Balaban J connectivity index is 1.56. The Bertz CT molecular complexity index is 633. The predicted molar refractivity (Wildman–Crippen MR) is 95.2 cm³/mol. The van der Waals surface area contributed by atoms with Gasteiger partial charge in [-0.15, -0.1) is 11.3 Å². The van der Waals surface area contributed by atoms with Gasteiger partial charge < -0.3 is 15.3 Å². The molecule has 0 aliphatic carbocycles. The number of nitrogens with one attached hydrogen (secondary N) is 1. The maximum absolute atomic E-state index is 9.22. The van der Waals surface area contributed by atoms with E-state index < -0.39 is 0 Å². The van der Waals surface area contributed by atoms with Gasteiger partial charge in [-0.25, -0.2) is 9.97 Å². The van der Waals surface area contributed by atoms with Crippen LogP contribution >= 0.6 is 11.3 Å². The Morgan fingerprint density at radius 3 is 2.65 bits per heavy atom. The quantitative estimate of drug-likeness (QED) is 0.881. The summed E-state index contributed by atoms with van der Waals surface area (Å²) >= 11 is 1.73. The third kappa shape index (κ3) is 4.00. The Morgan fingerprint density at radius 2 is 2.09 bits per heavy atom. The van der Waals surface area contributed by atoms with Gasteiger partial charge in [0.25, 0.3) is 0 Å². The monoisotopic (exact) mass is 332 g/mol. The number of rotatable bonds is 5. The molecule has 124 valence electrons. The van der Waals surface area contributed by atoms with Crippen LogP contribution in [0.1, 0.15) is 28.4 Å². The van der Waals surface area contributed by atoms with Crippen LogP contribution in [0.25, 0.3) is 0 Å². The molecule has 0 radical (unpaired) electrons. The van der Waals surface area contributed by atoms with Gasteiger partial charge in [0.05, 0.1) is 29.1 Å². The number of piperidine rings is 1. The first-order chi connectivity index (χ1) is 11.2. The van der Waals surface area contributed by atoms with Crippen LogP contribution in [0.5, 0.6) is 0 Å². The molecule has 2 N–H and O–H groups in total. The summed E-state index contributed by atoms with van der Waals surface area (Å²) in [5.41, 5.74) is 2.26. The number of pyridine rings is 1. The Morgan fingerprint density at radius 1 is 1.30 bits per heavy atom. The lowest BCUT2D eigenvalue weighted by Crippen LogP contribution is -2.34. The average Bonchev–Trinajstić information content (AvgIpc) is 2.91. The van der Waals surface area contributed by atoms with Gasteiger partial charge in [0, 0.05) is 24.6 Å². The lowest BCUT2D eigenvalue weighted by molar-refractivity contribution is 0.203. The van der Waals surface area contributed by atoms with Crippen molar-refractivity contribution < 1.29 is 5.11 Å². The molecule has 2 aromatic rings. The minimum Gasteiger partial charge on any atom is -0.396 e. The zero-order valence-corrected chi connectivity index (χ0v) is 14.6. The van der Waals surface area contributed by atoms with Gasteiger partial charge in [-0.1, -0.05) is 0 Å². The molecule has 3 heterocycles. The molecule has 1 fully saturated rings. The van der Waals surface area contributed by atoms with Crippen molar-refractivity contribution >= 4 is 22.8 Å². The van der Waals surface area contributed by atoms with Crippen LogP contribution in [0.4, 0.5) is 11.5 Å². The molecule has 1 saturated heterocycles. The van der Waals surface area contributed by atoms with Crippen LogP contribution in [0.2, 0.25) is 0 Å². The summed E-state index contributed by atoms with van der Waals surface area (Å²) in [5, 5.41) is 13.7. The molecule has 6 heteroatoms. The maximum atomic E-state index is 9.22. The molecule has 0 bridgehead atoms. The summed E-state index contributed by atoms with van der Waals surface area (Å²) in [4.78, 5) is 12.6. The highest BCUT2D eigenvalue weighted by molar-refractivity contribution is 7.11. The maximum Gasteiger partial charge on any atom is 0.126 e. The van der Waals surface area contributed by atoms with E-state index >= 15 is 0 Å². The lowest BCUT2D eigenvalue weighted by atomic mass is 9.98. The fourth-order valence-electron chi connectivity index (χ4n) is 2.96. The summed E-state index contributed by atoms with van der Waals surface area (Å²) in [6.07, 6.45) is 4.05. The number of aromatic nitrogens is 2. The number of hydrogen-bond acceptors (Lipinski definition) is 6. The van der Waals surface area contributed by atoms with Crippen LogP contribution in [-0.2, 0) is 6.54 Å². The zero-order chi connectivity index (χ0) is 16.2. The molecule has 5 nitrogen and oxygen atoms in total. The molecular weight excluding hydrogens is 308 g/mol. The molecule has 3 rings (SSSR count). The van der Waals surface area contributed by atoms with E-state index in [1.165, 1.54) is 4.88 Å². The first-order valence-electron chi connectivity index (χ1n) is 8.14. The second-order valence-electron chi connectivity index (χ2n) is 6.11. The van der Waals surface area contributed by atoms with Gasteiger partial charge in [0.15, 0.2) is 0 Å². The molecule has 23 heavy (non-hydrogen) atoms. The number of hydrogen-bond donors (Lipinski definition) is 2. The van der Waals surface area contributed by atoms with Crippen molar-refractivity contribution in [3.8, 4) is 0 Å². The summed E-state index contributed by atoms with van der Waals surface area (Å²) in [7, 11) is 0. The Hall–Kier alpha value is -1.66. The number of anilines is 2. The minimum absolute atomic E-state index is 0.311. The standard InChI is InChI=1S/C17H24N4OS/c1-12-16(23-13(2)20-12)10-19-17-4-3-15(9-18-17)21-7-5-14(11-22)6-8-21/h3-4,9,14,22H,5-8,10-11H2,1-2H3,(H,18,19). The number of aliphatic hydroxyl groups is 1. The first kappa shape index (κ1) is 16.2. The van der Waals surface area contributed by atoms with Crippen molar-refractivity contribution in [2.24, 2.45) is 5.92 Å². The normalized spacial score (nSPS) is 15.9. The molecule has 0 unspecified atom stereocenters. The summed E-state index contributed by atoms with van der Waals surface area (Å²) in [5.74, 6) is 1.36. The largest absolute Gasteiger partial charge is 0.396 e. The number of aryl methyl sites for hydroxylation is 2.